The van der Waals surface area contributed by atoms with Gasteiger partial charge in [0, 0.05) is 19.0 Å². The molecular weight excluding hydrogens is 264 g/mol. The SMILES string of the molecule is Cc1ccc2sc(C3CNCc4ccccc43)nc2c1. The Bertz CT molecular complexity index is 776. The Morgan fingerprint density at radius 3 is 3.05 bits per heavy atom. The van der Waals surface area contributed by atoms with Gasteiger partial charge in [-0.25, -0.2) is 4.98 Å². The summed E-state index contributed by atoms with van der Waals surface area (Å²) >= 11 is 1.82. The van der Waals surface area contributed by atoms with Gasteiger partial charge in [-0.05, 0) is 35.7 Å². The molecule has 0 aliphatic carbocycles. The predicted molar refractivity (Wildman–Crippen MR) is 84.3 cm³/mol. The van der Waals surface area contributed by atoms with Gasteiger partial charge in [-0.2, -0.15) is 0 Å². The molecule has 2 heterocycles. The van der Waals surface area contributed by atoms with Crippen molar-refractivity contribution >= 4 is 21.6 Å². The van der Waals surface area contributed by atoms with Gasteiger partial charge in [0.1, 0.15) is 5.01 Å². The third kappa shape index (κ3) is 1.94. The molecule has 0 saturated heterocycles. The van der Waals surface area contributed by atoms with Crippen LogP contribution < -0.4 is 5.32 Å². The first-order valence-corrected chi connectivity index (χ1v) is 7.78. The molecule has 0 amide bonds. The summed E-state index contributed by atoms with van der Waals surface area (Å²) in [5.41, 5.74) is 5.24. The van der Waals surface area contributed by atoms with E-state index in [-0.39, 0.29) is 0 Å². The molecule has 4 rings (SSSR count). The van der Waals surface area contributed by atoms with E-state index in [1.807, 2.05) is 11.3 Å². The lowest BCUT2D eigenvalue weighted by Crippen LogP contribution is -2.28. The fourth-order valence-corrected chi connectivity index (χ4v) is 3.99. The van der Waals surface area contributed by atoms with Crippen LogP contribution in [0.5, 0.6) is 0 Å². The maximum absolute atomic E-state index is 4.87. The van der Waals surface area contributed by atoms with Crippen LogP contribution in [0.15, 0.2) is 42.5 Å². The van der Waals surface area contributed by atoms with Crippen LogP contribution in [0.3, 0.4) is 0 Å². The Hall–Kier alpha value is -1.71. The standard InChI is InChI=1S/C17H16N2S/c1-11-6-7-16-15(8-11)19-17(20-16)14-10-18-9-12-4-2-3-5-13(12)14/h2-8,14,18H,9-10H2,1H3. The maximum atomic E-state index is 4.87. The zero-order valence-corrected chi connectivity index (χ0v) is 12.2. The first kappa shape index (κ1) is 12.1. The molecule has 1 unspecified atom stereocenters. The average molecular weight is 280 g/mol. The van der Waals surface area contributed by atoms with Crippen molar-refractivity contribution in [2.24, 2.45) is 0 Å². The zero-order valence-electron chi connectivity index (χ0n) is 11.4. The molecule has 1 N–H and O–H groups in total. The molecule has 0 spiro atoms. The second-order valence-corrected chi connectivity index (χ2v) is 6.47. The summed E-state index contributed by atoms with van der Waals surface area (Å²) in [6.07, 6.45) is 0. The predicted octanol–water partition coefficient (Wildman–Crippen LogP) is 3.84. The van der Waals surface area contributed by atoms with Crippen LogP contribution in [0, 0.1) is 6.92 Å². The first-order chi connectivity index (χ1) is 9.81. The number of aromatic nitrogens is 1. The molecule has 1 aliphatic heterocycles. The molecule has 1 aliphatic rings. The van der Waals surface area contributed by atoms with Gasteiger partial charge in [-0.15, -0.1) is 11.3 Å². The van der Waals surface area contributed by atoms with E-state index in [0.29, 0.717) is 5.92 Å². The van der Waals surface area contributed by atoms with Crippen molar-refractivity contribution in [3.63, 3.8) is 0 Å². The lowest BCUT2D eigenvalue weighted by molar-refractivity contribution is 0.590. The van der Waals surface area contributed by atoms with E-state index in [4.69, 9.17) is 4.98 Å². The molecule has 20 heavy (non-hydrogen) atoms. The van der Waals surface area contributed by atoms with E-state index in [1.54, 1.807) is 0 Å². The van der Waals surface area contributed by atoms with Crippen molar-refractivity contribution in [2.45, 2.75) is 19.4 Å². The second kappa shape index (κ2) is 4.69. The van der Waals surface area contributed by atoms with Gasteiger partial charge in [-0.3, -0.25) is 0 Å². The van der Waals surface area contributed by atoms with Crippen molar-refractivity contribution in [2.75, 3.05) is 6.54 Å². The molecule has 0 radical (unpaired) electrons. The average Bonchev–Trinajstić information content (AvgIpc) is 2.89. The van der Waals surface area contributed by atoms with Crippen LogP contribution in [0.4, 0.5) is 0 Å². The van der Waals surface area contributed by atoms with Gasteiger partial charge in [0.25, 0.3) is 0 Å². The minimum atomic E-state index is 0.387. The Morgan fingerprint density at radius 1 is 1.20 bits per heavy atom. The number of thiazole rings is 1. The van der Waals surface area contributed by atoms with E-state index in [9.17, 15) is 0 Å². The van der Waals surface area contributed by atoms with Gasteiger partial charge in [-0.1, -0.05) is 30.3 Å². The van der Waals surface area contributed by atoms with Gasteiger partial charge in [0.2, 0.25) is 0 Å². The normalized spacial score (nSPS) is 18.1. The molecule has 3 aromatic rings. The van der Waals surface area contributed by atoms with E-state index >= 15 is 0 Å². The molecule has 2 nitrogen and oxygen atoms in total. The molecule has 1 aromatic heterocycles. The van der Waals surface area contributed by atoms with Crippen molar-refractivity contribution in [3.05, 3.63) is 64.2 Å². The van der Waals surface area contributed by atoms with Crippen molar-refractivity contribution in [1.82, 2.24) is 10.3 Å². The molecule has 1 atom stereocenters. The van der Waals surface area contributed by atoms with Crippen LogP contribution in [0.2, 0.25) is 0 Å². The van der Waals surface area contributed by atoms with Crippen LogP contribution in [-0.2, 0) is 6.54 Å². The summed E-state index contributed by atoms with van der Waals surface area (Å²) in [4.78, 5) is 4.87. The molecule has 0 fully saturated rings. The van der Waals surface area contributed by atoms with Gasteiger partial charge in [0.05, 0.1) is 10.2 Å². The molecule has 3 heteroatoms. The van der Waals surface area contributed by atoms with Gasteiger partial charge < -0.3 is 5.32 Å². The highest BCUT2D eigenvalue weighted by atomic mass is 32.1. The second-order valence-electron chi connectivity index (χ2n) is 5.41. The van der Waals surface area contributed by atoms with Crippen molar-refractivity contribution < 1.29 is 0 Å². The third-order valence-corrected chi connectivity index (χ3v) is 5.10. The first-order valence-electron chi connectivity index (χ1n) is 6.97. The van der Waals surface area contributed by atoms with E-state index in [0.717, 1.165) is 18.6 Å². The van der Waals surface area contributed by atoms with Crippen LogP contribution >= 0.6 is 11.3 Å². The number of aryl methyl sites for hydroxylation is 1. The number of hydrogen-bond acceptors (Lipinski definition) is 3. The highest BCUT2D eigenvalue weighted by Crippen LogP contribution is 2.34. The Kier molecular flexibility index (Phi) is 2.83. The molecule has 100 valence electrons. The number of nitrogens with zero attached hydrogens (tertiary/aromatic N) is 1. The Labute approximate surface area is 122 Å². The number of nitrogens with one attached hydrogen (secondary N) is 1. The minimum absolute atomic E-state index is 0.387. The van der Waals surface area contributed by atoms with Crippen LogP contribution in [0.25, 0.3) is 10.2 Å². The van der Waals surface area contributed by atoms with Crippen molar-refractivity contribution in [3.8, 4) is 0 Å². The largest absolute Gasteiger partial charge is 0.312 e. The van der Waals surface area contributed by atoms with E-state index in [2.05, 4.69) is 54.7 Å². The number of rotatable bonds is 1. The van der Waals surface area contributed by atoms with E-state index < -0.39 is 0 Å². The Balaban J connectivity index is 1.84. The Morgan fingerprint density at radius 2 is 2.10 bits per heavy atom. The summed E-state index contributed by atoms with van der Waals surface area (Å²) in [6.45, 7) is 4.07. The fraction of sp³-hybridized carbons (Fsp3) is 0.235. The summed E-state index contributed by atoms with van der Waals surface area (Å²) in [5.74, 6) is 0.387. The minimum Gasteiger partial charge on any atom is -0.312 e. The zero-order chi connectivity index (χ0) is 13.5. The quantitative estimate of drug-likeness (QED) is 0.732. The van der Waals surface area contributed by atoms with Gasteiger partial charge in [0.15, 0.2) is 0 Å². The summed E-state index contributed by atoms with van der Waals surface area (Å²) in [7, 11) is 0. The van der Waals surface area contributed by atoms with Crippen LogP contribution in [0.1, 0.15) is 27.6 Å². The summed E-state index contributed by atoms with van der Waals surface area (Å²) in [5, 5.41) is 4.74. The number of fused-ring (bicyclic) bond motifs is 2. The summed E-state index contributed by atoms with van der Waals surface area (Å²) in [6, 6.07) is 15.2. The number of hydrogen-bond donors (Lipinski definition) is 1. The molecular formula is C17H16N2S. The highest BCUT2D eigenvalue weighted by molar-refractivity contribution is 7.18. The molecule has 0 bridgehead atoms. The maximum Gasteiger partial charge on any atom is 0.103 e. The third-order valence-electron chi connectivity index (χ3n) is 3.95. The molecule has 2 aromatic carbocycles. The topological polar surface area (TPSA) is 24.9 Å². The van der Waals surface area contributed by atoms with Crippen molar-refractivity contribution in [1.29, 1.82) is 0 Å². The fourth-order valence-electron chi connectivity index (χ4n) is 2.92. The summed E-state index contributed by atoms with van der Waals surface area (Å²) < 4.78 is 1.29. The monoisotopic (exact) mass is 280 g/mol. The van der Waals surface area contributed by atoms with Crippen LogP contribution in [-0.4, -0.2) is 11.5 Å². The highest BCUT2D eigenvalue weighted by Gasteiger charge is 2.23. The molecule has 0 saturated carbocycles. The number of benzene rings is 2. The smallest absolute Gasteiger partial charge is 0.103 e. The lowest BCUT2D eigenvalue weighted by Gasteiger charge is -2.24. The van der Waals surface area contributed by atoms with E-state index in [1.165, 1.54) is 26.4 Å². The lowest BCUT2D eigenvalue weighted by atomic mass is 9.91. The van der Waals surface area contributed by atoms with Gasteiger partial charge >= 0.3 is 0 Å².